The van der Waals surface area contributed by atoms with Crippen molar-refractivity contribution in [2.75, 3.05) is 0 Å². The Labute approximate surface area is 81.9 Å². The highest BCUT2D eigenvalue weighted by atomic mass is 35.5. The van der Waals surface area contributed by atoms with Crippen LogP contribution >= 0.6 is 44.4 Å². The van der Waals surface area contributed by atoms with E-state index in [1.54, 1.807) is 11.3 Å². The van der Waals surface area contributed by atoms with E-state index in [1.807, 2.05) is 22.9 Å². The Kier molecular flexibility index (Phi) is 20.5. The molecule has 2 N–H and O–H groups in total. The highest BCUT2D eigenvalue weighted by molar-refractivity contribution is 7.30. The molecule has 0 saturated heterocycles. The monoisotopic (exact) mass is 237 g/mol. The molecule has 11 heavy (non-hydrogen) atoms. The predicted octanol–water partition coefficient (Wildman–Crippen LogP) is 2.22. The van der Waals surface area contributed by atoms with Crippen LogP contribution < -0.4 is 0 Å². The lowest BCUT2D eigenvalue weighted by atomic mass is 10.7. The summed E-state index contributed by atoms with van der Waals surface area (Å²) in [6.45, 7) is 0. The molecule has 0 atom stereocenters. The van der Waals surface area contributed by atoms with Gasteiger partial charge in [0.2, 0.25) is 0 Å². The second-order valence-electron chi connectivity index (χ2n) is 1.05. The van der Waals surface area contributed by atoms with Crippen LogP contribution in [-0.4, -0.2) is 9.79 Å². The van der Waals surface area contributed by atoms with Crippen molar-refractivity contribution >= 4 is 44.4 Å². The molecular formula is C4H8Cl2O3PS+. The molecule has 1 aromatic heterocycles. The van der Waals surface area contributed by atoms with Crippen LogP contribution in [0.1, 0.15) is 0 Å². The molecule has 1 heterocycles. The molecule has 0 amide bonds. The maximum absolute atomic E-state index is 8.70. The zero-order valence-electron chi connectivity index (χ0n) is 5.28. The van der Waals surface area contributed by atoms with E-state index in [2.05, 4.69) is 0 Å². The Morgan fingerprint density at radius 2 is 1.36 bits per heavy atom. The lowest BCUT2D eigenvalue weighted by Gasteiger charge is -1.39. The summed E-state index contributed by atoms with van der Waals surface area (Å²) in [4.78, 5) is 14.2. The van der Waals surface area contributed by atoms with Crippen LogP contribution in [0.25, 0.3) is 0 Å². The highest BCUT2D eigenvalue weighted by Crippen LogP contribution is 1.98. The molecule has 0 aliphatic heterocycles. The second kappa shape index (κ2) is 12.9. The van der Waals surface area contributed by atoms with Crippen molar-refractivity contribution < 1.29 is 14.4 Å². The van der Waals surface area contributed by atoms with Crippen molar-refractivity contribution in [1.29, 1.82) is 0 Å². The highest BCUT2D eigenvalue weighted by Gasteiger charge is 1.93. The summed E-state index contributed by atoms with van der Waals surface area (Å²) in [5, 5.41) is 4.08. The largest absolute Gasteiger partial charge is 0.692 e. The molecule has 7 heteroatoms. The molecule has 0 aliphatic rings. The first-order valence-electron chi connectivity index (χ1n) is 2.05. The predicted molar refractivity (Wildman–Crippen MR) is 50.9 cm³/mol. The van der Waals surface area contributed by atoms with Gasteiger partial charge in [0.25, 0.3) is 0 Å². The third kappa shape index (κ3) is 25.3. The maximum Gasteiger partial charge on any atom is 0.692 e. The summed E-state index contributed by atoms with van der Waals surface area (Å²) in [6.07, 6.45) is 0. The fourth-order valence-electron chi connectivity index (χ4n) is 0.227. The first kappa shape index (κ1) is 17.4. The van der Waals surface area contributed by atoms with Crippen LogP contribution in [0.4, 0.5) is 0 Å². The van der Waals surface area contributed by atoms with Gasteiger partial charge in [-0.05, 0) is 10.8 Å². The summed E-state index contributed by atoms with van der Waals surface area (Å²) >= 11 is 1.71. The van der Waals surface area contributed by atoms with Gasteiger partial charge in [-0.1, -0.05) is 12.1 Å². The van der Waals surface area contributed by atoms with Crippen LogP contribution in [0.15, 0.2) is 22.9 Å². The average Bonchev–Trinajstić information content (AvgIpc) is 2.11. The number of thiophene rings is 1. The fourth-order valence-corrected chi connectivity index (χ4v) is 0.680. The molecule has 0 radical (unpaired) electrons. The molecule has 1 aromatic rings. The van der Waals surface area contributed by atoms with Crippen LogP contribution in [-0.2, 0) is 4.57 Å². The third-order valence-corrected chi connectivity index (χ3v) is 1.05. The zero-order chi connectivity index (χ0) is 7.11. The average molecular weight is 238 g/mol. The first-order chi connectivity index (χ1) is 4.23. The van der Waals surface area contributed by atoms with E-state index < -0.39 is 8.25 Å². The minimum atomic E-state index is -2.87. The first-order valence-corrected chi connectivity index (χ1v) is 4.16. The lowest BCUT2D eigenvalue weighted by molar-refractivity contribution is 0.405. The maximum atomic E-state index is 8.70. The Morgan fingerprint density at radius 1 is 1.09 bits per heavy atom. The van der Waals surface area contributed by atoms with Crippen LogP contribution in [0, 0.1) is 0 Å². The standard InChI is InChI=1S/C4H4S.2ClH.HO3P/c1-2-4-5-3-1;;;1-4(2)3/h1-4H;2*1H;(H-,1,2,3)/p+1. The van der Waals surface area contributed by atoms with E-state index in [0.717, 1.165) is 0 Å². The molecule has 1 rings (SSSR count). The van der Waals surface area contributed by atoms with Gasteiger partial charge in [-0.2, -0.15) is 11.3 Å². The quantitative estimate of drug-likeness (QED) is 0.681. The van der Waals surface area contributed by atoms with E-state index in [4.69, 9.17) is 14.4 Å². The van der Waals surface area contributed by atoms with Crippen LogP contribution in [0.2, 0.25) is 0 Å². The number of hydrogen-bond acceptors (Lipinski definition) is 2. The summed E-state index contributed by atoms with van der Waals surface area (Å²) in [6, 6.07) is 4.04. The van der Waals surface area contributed by atoms with Crippen LogP contribution in [0.5, 0.6) is 0 Å². The van der Waals surface area contributed by atoms with Crippen molar-refractivity contribution in [3.8, 4) is 0 Å². The van der Waals surface area contributed by atoms with Gasteiger partial charge in [0, 0.05) is 4.57 Å². The summed E-state index contributed by atoms with van der Waals surface area (Å²) < 4.78 is 8.70. The van der Waals surface area contributed by atoms with Gasteiger partial charge >= 0.3 is 8.25 Å². The zero-order valence-corrected chi connectivity index (χ0v) is 8.63. The van der Waals surface area contributed by atoms with E-state index in [9.17, 15) is 0 Å². The molecule has 0 aromatic carbocycles. The van der Waals surface area contributed by atoms with Gasteiger partial charge in [-0.15, -0.1) is 34.6 Å². The number of halogens is 2. The van der Waals surface area contributed by atoms with Gasteiger partial charge < -0.3 is 0 Å². The molecule has 0 aliphatic carbocycles. The van der Waals surface area contributed by atoms with Gasteiger partial charge in [0.1, 0.15) is 0 Å². The van der Waals surface area contributed by atoms with E-state index in [0.29, 0.717) is 0 Å². The molecule has 0 unspecified atom stereocenters. The molecule has 0 fully saturated rings. The van der Waals surface area contributed by atoms with E-state index in [1.165, 1.54) is 0 Å². The molecular weight excluding hydrogens is 230 g/mol. The summed E-state index contributed by atoms with van der Waals surface area (Å²) in [5.41, 5.74) is 0. The fraction of sp³-hybridized carbons (Fsp3) is 0. The molecule has 0 saturated carbocycles. The van der Waals surface area contributed by atoms with Gasteiger partial charge in [-0.3, -0.25) is 0 Å². The Hall–Kier alpha value is 0.300. The summed E-state index contributed by atoms with van der Waals surface area (Å²) in [5.74, 6) is 0. The molecule has 3 nitrogen and oxygen atoms in total. The van der Waals surface area contributed by atoms with E-state index in [-0.39, 0.29) is 24.8 Å². The minimum absolute atomic E-state index is 0. The number of hydrogen-bond donors (Lipinski definition) is 2. The lowest BCUT2D eigenvalue weighted by Crippen LogP contribution is -1.38. The molecule has 0 bridgehead atoms. The van der Waals surface area contributed by atoms with Crippen molar-refractivity contribution in [1.82, 2.24) is 0 Å². The van der Waals surface area contributed by atoms with Gasteiger partial charge in [0.15, 0.2) is 0 Å². The smallest absolute Gasteiger partial charge is 0.152 e. The van der Waals surface area contributed by atoms with Crippen molar-refractivity contribution in [2.24, 2.45) is 0 Å². The van der Waals surface area contributed by atoms with Crippen LogP contribution in [0.3, 0.4) is 0 Å². The second-order valence-corrected chi connectivity index (χ2v) is 2.37. The van der Waals surface area contributed by atoms with Crippen molar-refractivity contribution in [3.63, 3.8) is 0 Å². The summed E-state index contributed by atoms with van der Waals surface area (Å²) in [7, 11) is -2.87. The van der Waals surface area contributed by atoms with Crippen molar-refractivity contribution in [2.45, 2.75) is 0 Å². The Balaban J connectivity index is -0.000000101. The van der Waals surface area contributed by atoms with Gasteiger partial charge in [0.05, 0.1) is 0 Å². The third-order valence-electron chi connectivity index (χ3n) is 0.425. The Morgan fingerprint density at radius 3 is 1.45 bits per heavy atom. The number of rotatable bonds is 0. The Bertz CT molecular complexity index is 137. The van der Waals surface area contributed by atoms with Crippen molar-refractivity contribution in [3.05, 3.63) is 22.9 Å². The minimum Gasteiger partial charge on any atom is -0.152 e. The van der Waals surface area contributed by atoms with Gasteiger partial charge in [-0.25, -0.2) is 0 Å². The van der Waals surface area contributed by atoms with E-state index >= 15 is 0 Å². The topological polar surface area (TPSA) is 57.5 Å². The molecule has 66 valence electrons. The normalized spacial score (nSPS) is 6.00. The SMILES string of the molecule is Cl.Cl.O=[P+](O)O.c1ccsc1. The molecule has 0 spiro atoms.